The molecule has 0 spiro atoms. The molecule has 0 aromatic heterocycles. The van der Waals surface area contributed by atoms with Crippen LogP contribution in [0.1, 0.15) is 76.0 Å². The topological polar surface area (TPSA) is 85.2 Å². The molecule has 4 rings (SSSR count). The van der Waals surface area contributed by atoms with Crippen molar-refractivity contribution in [1.82, 2.24) is 0 Å². The highest BCUT2D eigenvalue weighted by Gasteiger charge is 2.36. The SMILES string of the molecule is CC(C)c1ccccc1OP(=O)(Oc1ccccc1C(C)C)Oc1ccccc1C(C)C.Oc1cccc(O)c1. The van der Waals surface area contributed by atoms with Gasteiger partial charge in [-0.05, 0) is 64.8 Å². The molecule has 4 aromatic rings. The van der Waals surface area contributed by atoms with Gasteiger partial charge in [0.2, 0.25) is 0 Å². The van der Waals surface area contributed by atoms with Crippen molar-refractivity contribution in [3.8, 4) is 28.7 Å². The zero-order valence-electron chi connectivity index (χ0n) is 23.9. The van der Waals surface area contributed by atoms with Crippen LogP contribution in [0, 0.1) is 0 Å². The Kier molecular flexibility index (Phi) is 10.7. The van der Waals surface area contributed by atoms with Crippen molar-refractivity contribution in [2.45, 2.75) is 59.3 Å². The summed E-state index contributed by atoms with van der Waals surface area (Å²) in [4.78, 5) is 0. The van der Waals surface area contributed by atoms with Crippen LogP contribution in [-0.4, -0.2) is 10.2 Å². The Morgan fingerprint density at radius 3 is 1.05 bits per heavy atom. The Morgan fingerprint density at radius 2 is 0.800 bits per heavy atom. The van der Waals surface area contributed by atoms with E-state index in [1.807, 2.05) is 54.6 Å². The molecule has 2 N–H and O–H groups in total. The molecule has 0 saturated carbocycles. The van der Waals surface area contributed by atoms with Crippen LogP contribution in [0.3, 0.4) is 0 Å². The maximum Gasteiger partial charge on any atom is 0.647 e. The quantitative estimate of drug-likeness (QED) is 0.198. The smallest absolute Gasteiger partial charge is 0.508 e. The molecule has 0 aliphatic heterocycles. The van der Waals surface area contributed by atoms with Crippen LogP contribution < -0.4 is 13.6 Å². The molecule has 0 amide bonds. The molecule has 6 nitrogen and oxygen atoms in total. The number of phenolic OH excluding ortho intramolecular Hbond substituents is 2. The van der Waals surface area contributed by atoms with Crippen molar-refractivity contribution in [1.29, 1.82) is 0 Å². The van der Waals surface area contributed by atoms with E-state index in [0.29, 0.717) is 17.2 Å². The van der Waals surface area contributed by atoms with E-state index in [1.54, 1.807) is 24.3 Å². The number of aromatic hydroxyl groups is 2. The molecular formula is C33H39O6P. The van der Waals surface area contributed by atoms with Crippen molar-refractivity contribution in [2.24, 2.45) is 0 Å². The zero-order chi connectivity index (χ0) is 29.3. The van der Waals surface area contributed by atoms with Gasteiger partial charge in [-0.15, -0.1) is 0 Å². The molecule has 0 aliphatic rings. The van der Waals surface area contributed by atoms with Crippen LogP contribution >= 0.6 is 7.82 Å². The molecule has 40 heavy (non-hydrogen) atoms. The first-order valence-corrected chi connectivity index (χ1v) is 14.9. The third kappa shape index (κ3) is 8.56. The van der Waals surface area contributed by atoms with E-state index in [0.717, 1.165) is 16.7 Å². The van der Waals surface area contributed by atoms with Crippen molar-refractivity contribution < 1.29 is 28.3 Å². The molecule has 7 heteroatoms. The first-order chi connectivity index (χ1) is 19.0. The number of benzene rings is 4. The van der Waals surface area contributed by atoms with Crippen LogP contribution in [0.15, 0.2) is 97.1 Å². The maximum atomic E-state index is 14.2. The maximum absolute atomic E-state index is 14.2. The second-order valence-electron chi connectivity index (χ2n) is 10.3. The highest BCUT2D eigenvalue weighted by Crippen LogP contribution is 2.53. The molecule has 0 fully saturated rings. The van der Waals surface area contributed by atoms with Gasteiger partial charge in [0.25, 0.3) is 0 Å². The van der Waals surface area contributed by atoms with E-state index < -0.39 is 7.82 Å². The van der Waals surface area contributed by atoms with Crippen LogP contribution in [-0.2, 0) is 4.57 Å². The number of hydrogen-bond donors (Lipinski definition) is 2. The molecule has 0 unspecified atom stereocenters. The molecule has 0 aliphatic carbocycles. The summed E-state index contributed by atoms with van der Waals surface area (Å²) in [5, 5.41) is 17.3. The summed E-state index contributed by atoms with van der Waals surface area (Å²) in [6, 6.07) is 28.6. The highest BCUT2D eigenvalue weighted by atomic mass is 31.2. The minimum absolute atomic E-state index is 0.0880. The second-order valence-corrected chi connectivity index (χ2v) is 11.8. The van der Waals surface area contributed by atoms with Gasteiger partial charge in [-0.3, -0.25) is 0 Å². The van der Waals surface area contributed by atoms with Crippen molar-refractivity contribution in [2.75, 3.05) is 0 Å². The standard InChI is InChI=1S/C27H33O4P.C6H6O2/c1-19(2)22-13-7-10-16-25(22)29-32(28,30-26-17-11-8-14-23(26)20(3)4)31-27-18-12-9-15-24(27)21(5)6;7-5-2-1-3-6(8)4-5/h7-21H,1-6H3;1-4,7-8H. The highest BCUT2D eigenvalue weighted by molar-refractivity contribution is 7.49. The van der Waals surface area contributed by atoms with Crippen molar-refractivity contribution in [3.05, 3.63) is 114 Å². The van der Waals surface area contributed by atoms with E-state index in [-0.39, 0.29) is 29.3 Å². The zero-order valence-corrected chi connectivity index (χ0v) is 24.8. The fourth-order valence-electron chi connectivity index (χ4n) is 4.03. The van der Waals surface area contributed by atoms with Gasteiger partial charge < -0.3 is 23.8 Å². The van der Waals surface area contributed by atoms with Crippen molar-refractivity contribution >= 4 is 7.82 Å². The Hall–Kier alpha value is -3.89. The Bertz CT molecular complexity index is 1280. The lowest BCUT2D eigenvalue weighted by Crippen LogP contribution is -2.11. The van der Waals surface area contributed by atoms with Gasteiger partial charge in [0.1, 0.15) is 28.7 Å². The monoisotopic (exact) mass is 562 g/mol. The van der Waals surface area contributed by atoms with Crippen molar-refractivity contribution in [3.63, 3.8) is 0 Å². The van der Waals surface area contributed by atoms with E-state index >= 15 is 0 Å². The number of hydrogen-bond acceptors (Lipinski definition) is 6. The molecule has 4 aromatic carbocycles. The minimum Gasteiger partial charge on any atom is -0.508 e. The summed E-state index contributed by atoms with van der Waals surface area (Å²) < 4.78 is 32.4. The van der Waals surface area contributed by atoms with Crippen LogP contribution in [0.2, 0.25) is 0 Å². The summed E-state index contributed by atoms with van der Waals surface area (Å²) >= 11 is 0. The minimum atomic E-state index is -4.08. The number of phosphoric acid groups is 1. The fraction of sp³-hybridized carbons (Fsp3) is 0.273. The van der Waals surface area contributed by atoms with E-state index in [2.05, 4.69) is 41.5 Å². The van der Waals surface area contributed by atoms with E-state index in [1.165, 1.54) is 18.2 Å². The number of para-hydroxylation sites is 3. The third-order valence-electron chi connectivity index (χ3n) is 6.08. The number of phenols is 2. The molecule has 0 bridgehead atoms. The average Bonchev–Trinajstić information content (AvgIpc) is 2.89. The second kappa shape index (κ2) is 14.0. The Morgan fingerprint density at radius 1 is 0.500 bits per heavy atom. The predicted octanol–water partition coefficient (Wildman–Crippen LogP) is 9.80. The Labute approximate surface area is 237 Å². The summed E-state index contributed by atoms with van der Waals surface area (Å²) in [5.74, 6) is 2.22. The van der Waals surface area contributed by atoms with Gasteiger partial charge >= 0.3 is 7.82 Å². The predicted molar refractivity (Wildman–Crippen MR) is 161 cm³/mol. The van der Waals surface area contributed by atoms with Gasteiger partial charge in [0.15, 0.2) is 0 Å². The van der Waals surface area contributed by atoms with E-state index in [4.69, 9.17) is 23.8 Å². The van der Waals surface area contributed by atoms with Gasteiger partial charge in [-0.25, -0.2) is 0 Å². The Balaban J connectivity index is 0.000000472. The van der Waals surface area contributed by atoms with E-state index in [9.17, 15) is 4.57 Å². The summed E-state index contributed by atoms with van der Waals surface area (Å²) in [7, 11) is -4.08. The molecule has 0 saturated heterocycles. The summed E-state index contributed by atoms with van der Waals surface area (Å²) in [5.41, 5.74) is 2.82. The molecule has 0 radical (unpaired) electrons. The molecule has 0 atom stereocenters. The lowest BCUT2D eigenvalue weighted by molar-refractivity contribution is 0.294. The van der Waals surface area contributed by atoms with Crippen LogP contribution in [0.5, 0.6) is 28.7 Å². The lowest BCUT2D eigenvalue weighted by Gasteiger charge is -2.24. The van der Waals surface area contributed by atoms with Gasteiger partial charge in [-0.1, -0.05) is 102 Å². The molecular weight excluding hydrogens is 523 g/mol. The summed E-state index contributed by atoms with van der Waals surface area (Å²) in [6.45, 7) is 12.4. The number of phosphoric ester groups is 1. The van der Waals surface area contributed by atoms with Crippen LogP contribution in [0.25, 0.3) is 0 Å². The molecule has 212 valence electrons. The lowest BCUT2D eigenvalue weighted by atomic mass is 10.0. The average molecular weight is 563 g/mol. The largest absolute Gasteiger partial charge is 0.647 e. The van der Waals surface area contributed by atoms with Gasteiger partial charge in [0, 0.05) is 6.07 Å². The van der Waals surface area contributed by atoms with Gasteiger partial charge in [-0.2, -0.15) is 4.57 Å². The summed E-state index contributed by atoms with van der Waals surface area (Å²) in [6.07, 6.45) is 0. The number of rotatable bonds is 9. The fourth-order valence-corrected chi connectivity index (χ4v) is 5.37. The first-order valence-electron chi connectivity index (χ1n) is 13.4. The van der Waals surface area contributed by atoms with Crippen LogP contribution in [0.4, 0.5) is 0 Å². The first kappa shape index (κ1) is 30.6. The molecule has 0 heterocycles. The normalized spacial score (nSPS) is 11.2. The third-order valence-corrected chi connectivity index (χ3v) is 7.34. The van der Waals surface area contributed by atoms with Gasteiger partial charge in [0.05, 0.1) is 0 Å².